The van der Waals surface area contributed by atoms with E-state index in [9.17, 15) is 9.59 Å². The van der Waals surface area contributed by atoms with E-state index in [0.717, 1.165) is 25.7 Å². The van der Waals surface area contributed by atoms with Crippen LogP contribution in [-0.2, 0) is 9.59 Å². The lowest BCUT2D eigenvalue weighted by molar-refractivity contribution is -0.140. The summed E-state index contributed by atoms with van der Waals surface area (Å²) in [6.45, 7) is 15.8. The Morgan fingerprint density at radius 3 is 2.55 bits per heavy atom. The van der Waals surface area contributed by atoms with Crippen molar-refractivity contribution in [2.24, 2.45) is 39.9 Å². The van der Waals surface area contributed by atoms with E-state index in [0.29, 0.717) is 40.4 Å². The molecule has 0 spiro atoms. The molecule has 0 heterocycles. The minimum absolute atomic E-state index is 0.159. The van der Waals surface area contributed by atoms with Gasteiger partial charge in [0.1, 0.15) is 5.78 Å². The summed E-state index contributed by atoms with van der Waals surface area (Å²) in [5.41, 5.74) is 5.57. The molecule has 3 heteroatoms. The molecule has 2 saturated carbocycles. The second-order valence-corrected chi connectivity index (χ2v) is 12.7. The van der Waals surface area contributed by atoms with Gasteiger partial charge in [0.2, 0.25) is 0 Å². The van der Waals surface area contributed by atoms with Gasteiger partial charge in [-0.1, -0.05) is 63.5 Å². The summed E-state index contributed by atoms with van der Waals surface area (Å²) in [6, 6.07) is 0. The lowest BCUT2D eigenvalue weighted by Gasteiger charge is -2.57. The van der Waals surface area contributed by atoms with Gasteiger partial charge in [-0.3, -0.25) is 4.79 Å². The first-order valence-corrected chi connectivity index (χ1v) is 13.2. The van der Waals surface area contributed by atoms with Crippen molar-refractivity contribution in [2.45, 2.75) is 99.8 Å². The van der Waals surface area contributed by atoms with Crippen LogP contribution in [-0.4, -0.2) is 16.9 Å². The highest BCUT2D eigenvalue weighted by atomic mass is 16.4. The highest BCUT2D eigenvalue weighted by molar-refractivity contribution is 5.86. The summed E-state index contributed by atoms with van der Waals surface area (Å²) in [5, 5.41) is 9.12. The minimum Gasteiger partial charge on any atom is -0.478 e. The summed E-state index contributed by atoms with van der Waals surface area (Å²) in [6.07, 6.45) is 12.9. The fraction of sp³-hybridized carbons (Fsp3) is 0.733. The fourth-order valence-corrected chi connectivity index (χ4v) is 8.55. The maximum atomic E-state index is 12.8. The molecule has 0 amide bonds. The van der Waals surface area contributed by atoms with Gasteiger partial charge in [0, 0.05) is 23.3 Å². The predicted molar refractivity (Wildman–Crippen MR) is 134 cm³/mol. The standard InChI is InChI=1S/C30H44O3/c1-18(9-8-10-19(2)27(32)33)21-13-15-29(6)22-11-12-25-28(4,5)26(31)14-16-30(25,7)24(22)17-23(29)20(21)3/h10,17-18,22-23,25H,8-9,11-16H2,1-7H3,(H,32,33)/b19-10-/t18-,22-,23+,25+,29+,30-/m1/s1. The second kappa shape index (κ2) is 8.24. The van der Waals surface area contributed by atoms with E-state index >= 15 is 0 Å². The molecular weight excluding hydrogens is 408 g/mol. The largest absolute Gasteiger partial charge is 0.478 e. The summed E-state index contributed by atoms with van der Waals surface area (Å²) in [7, 11) is 0. The van der Waals surface area contributed by atoms with E-state index in [1.165, 1.54) is 25.7 Å². The van der Waals surface area contributed by atoms with Crippen molar-refractivity contribution in [1.82, 2.24) is 0 Å². The van der Waals surface area contributed by atoms with Gasteiger partial charge in [0.25, 0.3) is 0 Å². The number of hydrogen-bond donors (Lipinski definition) is 1. The van der Waals surface area contributed by atoms with E-state index < -0.39 is 5.97 Å². The van der Waals surface area contributed by atoms with Gasteiger partial charge < -0.3 is 5.11 Å². The van der Waals surface area contributed by atoms with Gasteiger partial charge in [0.05, 0.1) is 0 Å². The van der Waals surface area contributed by atoms with Crippen LogP contribution in [0.2, 0.25) is 0 Å². The van der Waals surface area contributed by atoms with Crippen LogP contribution in [0.5, 0.6) is 0 Å². The average Bonchev–Trinajstić information content (AvgIpc) is 3.06. The molecule has 1 N–H and O–H groups in total. The first kappa shape index (κ1) is 24.5. The van der Waals surface area contributed by atoms with Crippen molar-refractivity contribution in [1.29, 1.82) is 0 Å². The van der Waals surface area contributed by atoms with Crippen molar-refractivity contribution in [3.05, 3.63) is 34.4 Å². The Bertz CT molecular complexity index is 948. The zero-order valence-corrected chi connectivity index (χ0v) is 21.9. The van der Waals surface area contributed by atoms with Crippen LogP contribution in [0, 0.1) is 39.9 Å². The molecule has 4 aliphatic carbocycles. The summed E-state index contributed by atoms with van der Waals surface area (Å²) >= 11 is 0. The van der Waals surface area contributed by atoms with E-state index in [-0.39, 0.29) is 10.8 Å². The van der Waals surface area contributed by atoms with Crippen molar-refractivity contribution in [3.8, 4) is 0 Å². The van der Waals surface area contributed by atoms with Crippen LogP contribution in [0.25, 0.3) is 0 Å². The number of carboxylic acids is 1. The quantitative estimate of drug-likeness (QED) is 0.346. The number of carbonyl (C=O) groups is 2. The van der Waals surface area contributed by atoms with Crippen molar-refractivity contribution < 1.29 is 14.7 Å². The molecule has 0 bridgehead atoms. The summed E-state index contributed by atoms with van der Waals surface area (Å²) in [5.74, 6) is 1.76. The number of carbonyl (C=O) groups excluding carboxylic acids is 1. The Labute approximate surface area is 200 Å². The van der Waals surface area contributed by atoms with Crippen LogP contribution >= 0.6 is 0 Å². The van der Waals surface area contributed by atoms with Gasteiger partial charge in [-0.25, -0.2) is 4.79 Å². The van der Waals surface area contributed by atoms with Crippen molar-refractivity contribution in [3.63, 3.8) is 0 Å². The Morgan fingerprint density at radius 2 is 1.88 bits per heavy atom. The van der Waals surface area contributed by atoms with Gasteiger partial charge in [-0.15, -0.1) is 0 Å². The molecule has 33 heavy (non-hydrogen) atoms. The molecule has 3 nitrogen and oxygen atoms in total. The first-order chi connectivity index (χ1) is 15.3. The van der Waals surface area contributed by atoms with Gasteiger partial charge in [-0.05, 0) is 87.4 Å². The maximum Gasteiger partial charge on any atom is 0.330 e. The number of rotatable bonds is 5. The van der Waals surface area contributed by atoms with Crippen molar-refractivity contribution >= 4 is 11.8 Å². The zero-order chi connectivity index (χ0) is 24.3. The molecule has 0 aromatic carbocycles. The SMILES string of the molecule is CC1=C([C@H](C)CC/C=C(/C)C(=O)O)CC[C@@]2(C)[C@@H]3CC[C@H]4C(C)(C)C(=O)CC[C@]4(C)C3=C[C@@H]12. The predicted octanol–water partition coefficient (Wildman–Crippen LogP) is 7.53. The third-order valence-electron chi connectivity index (χ3n) is 10.8. The molecule has 0 aromatic rings. The highest BCUT2D eigenvalue weighted by Gasteiger charge is 2.61. The molecular formula is C30H44O3. The Balaban J connectivity index is 1.62. The summed E-state index contributed by atoms with van der Waals surface area (Å²) < 4.78 is 0. The van der Waals surface area contributed by atoms with E-state index in [2.05, 4.69) is 47.6 Å². The van der Waals surface area contributed by atoms with Crippen LogP contribution in [0.15, 0.2) is 34.4 Å². The Hall–Kier alpha value is -1.64. The molecule has 182 valence electrons. The second-order valence-electron chi connectivity index (χ2n) is 12.7. The molecule has 2 fully saturated rings. The number of Topliss-reactive ketones (excluding diaryl/α,β-unsaturated/α-hetero) is 1. The number of ketones is 1. The maximum absolute atomic E-state index is 12.8. The number of fused-ring (bicyclic) bond motifs is 5. The number of hydrogen-bond acceptors (Lipinski definition) is 2. The van der Waals surface area contributed by atoms with Crippen molar-refractivity contribution in [2.75, 3.05) is 0 Å². The van der Waals surface area contributed by atoms with Crippen LogP contribution < -0.4 is 0 Å². The fourth-order valence-electron chi connectivity index (χ4n) is 8.55. The van der Waals surface area contributed by atoms with Gasteiger partial charge >= 0.3 is 5.97 Å². The molecule has 0 aliphatic heterocycles. The zero-order valence-electron chi connectivity index (χ0n) is 21.9. The van der Waals surface area contributed by atoms with Crippen LogP contribution in [0.4, 0.5) is 0 Å². The lowest BCUT2D eigenvalue weighted by Crippen LogP contribution is -2.52. The average molecular weight is 453 g/mol. The van der Waals surface area contributed by atoms with Crippen LogP contribution in [0.1, 0.15) is 99.8 Å². The molecule has 4 aliphatic rings. The van der Waals surface area contributed by atoms with E-state index in [1.807, 2.05) is 6.08 Å². The Morgan fingerprint density at radius 1 is 1.18 bits per heavy atom. The molecule has 4 rings (SSSR count). The monoisotopic (exact) mass is 452 g/mol. The topological polar surface area (TPSA) is 54.4 Å². The smallest absolute Gasteiger partial charge is 0.330 e. The third kappa shape index (κ3) is 3.69. The van der Waals surface area contributed by atoms with Gasteiger partial charge in [0.15, 0.2) is 0 Å². The van der Waals surface area contributed by atoms with Gasteiger partial charge in [-0.2, -0.15) is 0 Å². The van der Waals surface area contributed by atoms with Crippen LogP contribution in [0.3, 0.4) is 0 Å². The Kier molecular flexibility index (Phi) is 6.11. The highest BCUT2D eigenvalue weighted by Crippen LogP contribution is 2.69. The third-order valence-corrected chi connectivity index (χ3v) is 10.8. The molecule has 0 aromatic heterocycles. The summed E-state index contributed by atoms with van der Waals surface area (Å²) in [4.78, 5) is 23.9. The number of aliphatic carboxylic acids is 1. The minimum atomic E-state index is -0.814. The molecule has 0 saturated heterocycles. The normalized spacial score (nSPS) is 38.9. The van der Waals surface area contributed by atoms with E-state index in [1.54, 1.807) is 23.6 Å². The number of allylic oxidation sites excluding steroid dienone is 5. The molecule has 0 radical (unpaired) electrons. The first-order valence-electron chi connectivity index (χ1n) is 13.2. The molecule has 6 atom stereocenters. The number of carboxylic acid groups (broad SMARTS) is 1. The molecule has 0 unspecified atom stereocenters. The van der Waals surface area contributed by atoms with E-state index in [4.69, 9.17) is 5.11 Å². The lowest BCUT2D eigenvalue weighted by atomic mass is 9.46.